The van der Waals surface area contributed by atoms with Crippen LogP contribution in [-0.2, 0) is 0 Å². The Morgan fingerprint density at radius 2 is 1.24 bits per heavy atom. The lowest BCUT2D eigenvalue weighted by Crippen LogP contribution is -2.17. The van der Waals surface area contributed by atoms with Crippen molar-refractivity contribution < 1.29 is 0 Å². The molecule has 0 unspecified atom stereocenters. The lowest BCUT2D eigenvalue weighted by molar-refractivity contribution is 0.611. The van der Waals surface area contributed by atoms with Crippen molar-refractivity contribution in [3.63, 3.8) is 0 Å². The summed E-state index contributed by atoms with van der Waals surface area (Å²) >= 11 is 0. The zero-order chi connectivity index (χ0) is 13.2. The second-order valence-electron chi connectivity index (χ2n) is 5.08. The molecular formula is C15H26N2. The summed E-state index contributed by atoms with van der Waals surface area (Å²) in [7, 11) is 0. The van der Waals surface area contributed by atoms with Gasteiger partial charge in [0, 0.05) is 6.04 Å². The normalized spacial score (nSPS) is 12.9. The molecule has 2 nitrogen and oxygen atoms in total. The highest BCUT2D eigenvalue weighted by atomic mass is 14.6. The zero-order valence-corrected chi connectivity index (χ0v) is 11.9. The minimum atomic E-state index is 0.122. The average molecular weight is 234 g/mol. The molecule has 0 bridgehead atoms. The molecule has 0 aliphatic heterocycles. The lowest BCUT2D eigenvalue weighted by Gasteiger charge is -2.23. The van der Waals surface area contributed by atoms with Crippen molar-refractivity contribution in [2.45, 2.75) is 53.5 Å². The van der Waals surface area contributed by atoms with E-state index in [1.165, 1.54) is 33.4 Å². The first kappa shape index (κ1) is 14.2. The molecule has 2 heteroatoms. The number of benzene rings is 1. The number of hydrogen-bond donors (Lipinski definition) is 2. The summed E-state index contributed by atoms with van der Waals surface area (Å²) in [6.07, 6.45) is 1.96. The monoisotopic (exact) mass is 234 g/mol. The lowest BCUT2D eigenvalue weighted by atomic mass is 9.85. The van der Waals surface area contributed by atoms with E-state index in [1.54, 1.807) is 0 Å². The highest BCUT2D eigenvalue weighted by Crippen LogP contribution is 2.31. The number of rotatable bonds is 4. The number of hydrogen-bond acceptors (Lipinski definition) is 2. The van der Waals surface area contributed by atoms with Gasteiger partial charge in [-0.3, -0.25) is 0 Å². The van der Waals surface area contributed by atoms with Crippen molar-refractivity contribution in [2.75, 3.05) is 6.54 Å². The Labute approximate surface area is 105 Å². The number of nitrogens with two attached hydrogens (primary N) is 2. The van der Waals surface area contributed by atoms with Crippen LogP contribution in [0.15, 0.2) is 0 Å². The van der Waals surface area contributed by atoms with Crippen LogP contribution in [-0.4, -0.2) is 6.54 Å². The van der Waals surface area contributed by atoms with Crippen molar-refractivity contribution in [3.05, 3.63) is 33.4 Å². The van der Waals surface area contributed by atoms with Gasteiger partial charge in [-0.15, -0.1) is 0 Å². The van der Waals surface area contributed by atoms with E-state index in [2.05, 4.69) is 34.6 Å². The van der Waals surface area contributed by atoms with E-state index in [1.807, 2.05) is 0 Å². The van der Waals surface area contributed by atoms with Gasteiger partial charge in [0.05, 0.1) is 0 Å². The van der Waals surface area contributed by atoms with E-state index in [-0.39, 0.29) is 6.04 Å². The molecule has 0 radical (unpaired) electrons. The predicted molar refractivity (Wildman–Crippen MR) is 75.3 cm³/mol. The molecule has 0 amide bonds. The second kappa shape index (κ2) is 5.65. The standard InChI is InChI=1S/C15H26N2/c1-9-10(2)12(4)15(13(5)11(9)3)14(17)7-6-8-16/h14H,6-8,16-17H2,1-5H3/t14-/m0/s1. The quantitative estimate of drug-likeness (QED) is 0.841. The first-order chi connectivity index (χ1) is 7.91. The van der Waals surface area contributed by atoms with Gasteiger partial charge >= 0.3 is 0 Å². The molecule has 0 fully saturated rings. The molecule has 0 spiro atoms. The fraction of sp³-hybridized carbons (Fsp3) is 0.600. The molecule has 96 valence electrons. The third kappa shape index (κ3) is 2.70. The Hall–Kier alpha value is -0.860. The average Bonchev–Trinajstić information content (AvgIpc) is 2.31. The van der Waals surface area contributed by atoms with Crippen LogP contribution in [0.4, 0.5) is 0 Å². The predicted octanol–water partition coefficient (Wildman–Crippen LogP) is 2.97. The van der Waals surface area contributed by atoms with Gasteiger partial charge in [0.1, 0.15) is 0 Å². The summed E-state index contributed by atoms with van der Waals surface area (Å²) in [6, 6.07) is 0.122. The van der Waals surface area contributed by atoms with Gasteiger partial charge in [-0.05, 0) is 87.4 Å². The van der Waals surface area contributed by atoms with Crippen LogP contribution < -0.4 is 11.5 Å². The van der Waals surface area contributed by atoms with Gasteiger partial charge < -0.3 is 11.5 Å². The molecule has 1 rings (SSSR count). The van der Waals surface area contributed by atoms with Crippen molar-refractivity contribution >= 4 is 0 Å². The van der Waals surface area contributed by atoms with E-state index in [0.717, 1.165) is 19.4 Å². The summed E-state index contributed by atoms with van der Waals surface area (Å²) in [5.74, 6) is 0. The summed E-state index contributed by atoms with van der Waals surface area (Å²) < 4.78 is 0. The van der Waals surface area contributed by atoms with Gasteiger partial charge in [0.2, 0.25) is 0 Å². The minimum absolute atomic E-state index is 0.122. The second-order valence-corrected chi connectivity index (χ2v) is 5.08. The molecule has 0 aliphatic rings. The van der Waals surface area contributed by atoms with Crippen molar-refractivity contribution in [1.29, 1.82) is 0 Å². The Morgan fingerprint density at radius 1 is 0.824 bits per heavy atom. The van der Waals surface area contributed by atoms with Gasteiger partial charge in [-0.1, -0.05) is 0 Å². The Bertz CT molecular complexity index is 379. The van der Waals surface area contributed by atoms with Crippen molar-refractivity contribution in [2.24, 2.45) is 11.5 Å². The Balaban J connectivity index is 3.24. The van der Waals surface area contributed by atoms with Crippen LogP contribution in [0.25, 0.3) is 0 Å². The Morgan fingerprint density at radius 3 is 1.65 bits per heavy atom. The van der Waals surface area contributed by atoms with E-state index in [4.69, 9.17) is 11.5 Å². The van der Waals surface area contributed by atoms with Crippen LogP contribution in [0.5, 0.6) is 0 Å². The summed E-state index contributed by atoms with van der Waals surface area (Å²) in [5, 5.41) is 0. The van der Waals surface area contributed by atoms with Crippen LogP contribution in [0.3, 0.4) is 0 Å². The SMILES string of the molecule is Cc1c(C)c(C)c([C@@H](N)CCCN)c(C)c1C. The largest absolute Gasteiger partial charge is 0.330 e. The van der Waals surface area contributed by atoms with E-state index in [0.29, 0.717) is 0 Å². The molecule has 0 heterocycles. The molecule has 1 aromatic carbocycles. The Kier molecular flexibility index (Phi) is 4.72. The molecule has 0 saturated carbocycles. The summed E-state index contributed by atoms with van der Waals surface area (Å²) in [6.45, 7) is 11.7. The van der Waals surface area contributed by atoms with E-state index < -0.39 is 0 Å². The molecular weight excluding hydrogens is 208 g/mol. The molecule has 1 aromatic rings. The highest BCUT2D eigenvalue weighted by Gasteiger charge is 2.16. The molecule has 1 atom stereocenters. The maximum absolute atomic E-state index is 6.32. The highest BCUT2D eigenvalue weighted by molar-refractivity contribution is 5.50. The van der Waals surface area contributed by atoms with Crippen LogP contribution in [0.1, 0.15) is 52.3 Å². The molecule has 0 aromatic heterocycles. The van der Waals surface area contributed by atoms with Crippen molar-refractivity contribution in [3.8, 4) is 0 Å². The van der Waals surface area contributed by atoms with Crippen molar-refractivity contribution in [1.82, 2.24) is 0 Å². The van der Waals surface area contributed by atoms with Gasteiger partial charge in [0.15, 0.2) is 0 Å². The molecule has 17 heavy (non-hydrogen) atoms. The first-order valence-corrected chi connectivity index (χ1v) is 6.44. The maximum Gasteiger partial charge on any atom is 0.0300 e. The summed E-state index contributed by atoms with van der Waals surface area (Å²) in [4.78, 5) is 0. The fourth-order valence-corrected chi connectivity index (χ4v) is 2.57. The van der Waals surface area contributed by atoms with Crippen LogP contribution in [0.2, 0.25) is 0 Å². The third-order valence-corrected chi connectivity index (χ3v) is 4.15. The minimum Gasteiger partial charge on any atom is -0.330 e. The maximum atomic E-state index is 6.32. The van der Waals surface area contributed by atoms with Crippen LogP contribution >= 0.6 is 0 Å². The van der Waals surface area contributed by atoms with Gasteiger partial charge in [-0.2, -0.15) is 0 Å². The van der Waals surface area contributed by atoms with Gasteiger partial charge in [-0.25, -0.2) is 0 Å². The summed E-state index contributed by atoms with van der Waals surface area (Å²) in [5.41, 5.74) is 20.1. The molecule has 4 N–H and O–H groups in total. The van der Waals surface area contributed by atoms with Gasteiger partial charge in [0.25, 0.3) is 0 Å². The topological polar surface area (TPSA) is 52.0 Å². The smallest absolute Gasteiger partial charge is 0.0300 e. The third-order valence-electron chi connectivity index (χ3n) is 4.15. The molecule has 0 aliphatic carbocycles. The first-order valence-electron chi connectivity index (χ1n) is 6.44. The van der Waals surface area contributed by atoms with E-state index in [9.17, 15) is 0 Å². The fourth-order valence-electron chi connectivity index (χ4n) is 2.57. The molecule has 0 saturated heterocycles. The zero-order valence-electron chi connectivity index (χ0n) is 11.9. The van der Waals surface area contributed by atoms with E-state index >= 15 is 0 Å². The van der Waals surface area contributed by atoms with Crippen LogP contribution in [0, 0.1) is 34.6 Å².